The van der Waals surface area contributed by atoms with Crippen LogP contribution in [0.4, 0.5) is 0 Å². The van der Waals surface area contributed by atoms with E-state index in [1.54, 1.807) is 23.7 Å². The minimum Gasteiger partial charge on any atom is -0.454 e. The first-order chi connectivity index (χ1) is 13.9. The lowest BCUT2D eigenvalue weighted by Gasteiger charge is -2.15. The molecule has 1 atom stereocenters. The highest BCUT2D eigenvalue weighted by molar-refractivity contribution is 5.79. The van der Waals surface area contributed by atoms with Gasteiger partial charge in [-0.15, -0.1) is 5.10 Å². The van der Waals surface area contributed by atoms with E-state index in [0.717, 1.165) is 17.0 Å². The second-order valence-electron chi connectivity index (χ2n) is 6.89. The Bertz CT molecular complexity index is 1130. The van der Waals surface area contributed by atoms with Crippen molar-refractivity contribution in [2.24, 2.45) is 0 Å². The van der Waals surface area contributed by atoms with Crippen LogP contribution in [0.5, 0.6) is 11.5 Å². The number of aryl methyl sites for hydroxylation is 2. The highest BCUT2D eigenvalue weighted by atomic mass is 16.7. The Balaban J connectivity index is 1.50. The molecule has 1 aromatic carbocycles. The lowest BCUT2D eigenvalue weighted by Crippen LogP contribution is -2.37. The van der Waals surface area contributed by atoms with E-state index in [4.69, 9.17) is 9.47 Å². The third-order valence-corrected chi connectivity index (χ3v) is 4.69. The normalized spacial score (nSPS) is 13.3. The maximum atomic E-state index is 12.6. The van der Waals surface area contributed by atoms with Gasteiger partial charge in [0.15, 0.2) is 17.3 Å². The summed E-state index contributed by atoms with van der Waals surface area (Å²) in [5, 5.41) is 11.6. The summed E-state index contributed by atoms with van der Waals surface area (Å²) >= 11 is 0. The van der Waals surface area contributed by atoms with Crippen LogP contribution >= 0.6 is 0 Å². The number of benzene rings is 1. The number of nitrogens with one attached hydrogen (secondary N) is 1. The lowest BCUT2D eigenvalue weighted by molar-refractivity contribution is -0.124. The molecule has 9 heteroatoms. The minimum atomic E-state index is -0.784. The number of carbonyl (C=O) groups excluding carboxylic acids is 1. The van der Waals surface area contributed by atoms with Crippen LogP contribution in [0.25, 0.3) is 5.82 Å². The molecule has 1 N–H and O–H groups in total. The summed E-state index contributed by atoms with van der Waals surface area (Å²) in [6.07, 6.45) is 0. The molecule has 4 rings (SSSR count). The average molecular weight is 395 g/mol. The zero-order valence-corrected chi connectivity index (χ0v) is 16.4. The standard InChI is InChI=1S/C20H21N5O4/c1-12-8-13(2)24(22-12)18-6-7-19(26)25(23-18)14(3)20(27)21-10-15-4-5-16-17(9-15)29-11-28-16/h4-9,14H,10-11H2,1-3H3,(H,21,27). The van der Waals surface area contributed by atoms with Crippen LogP contribution in [0.1, 0.15) is 29.9 Å². The Morgan fingerprint density at radius 3 is 2.69 bits per heavy atom. The smallest absolute Gasteiger partial charge is 0.267 e. The molecule has 29 heavy (non-hydrogen) atoms. The molecule has 9 nitrogen and oxygen atoms in total. The Labute approximate surface area is 166 Å². The Kier molecular flexibility index (Phi) is 4.79. The van der Waals surface area contributed by atoms with Crippen LogP contribution < -0.4 is 20.3 Å². The van der Waals surface area contributed by atoms with Crippen LogP contribution in [0, 0.1) is 13.8 Å². The molecule has 1 unspecified atom stereocenters. The fraction of sp³-hybridized carbons (Fsp3) is 0.300. The Morgan fingerprint density at radius 1 is 1.14 bits per heavy atom. The monoisotopic (exact) mass is 395 g/mol. The van der Waals surface area contributed by atoms with Gasteiger partial charge in [-0.05, 0) is 50.6 Å². The second kappa shape index (κ2) is 7.42. The van der Waals surface area contributed by atoms with Gasteiger partial charge in [-0.3, -0.25) is 9.59 Å². The number of nitrogens with zero attached hydrogens (tertiary/aromatic N) is 4. The number of rotatable bonds is 5. The summed E-state index contributed by atoms with van der Waals surface area (Å²) < 4.78 is 13.4. The maximum Gasteiger partial charge on any atom is 0.267 e. The molecule has 0 radical (unpaired) electrons. The molecular formula is C20H21N5O4. The third kappa shape index (κ3) is 3.71. The van der Waals surface area contributed by atoms with Gasteiger partial charge in [0.2, 0.25) is 12.7 Å². The molecular weight excluding hydrogens is 374 g/mol. The topological polar surface area (TPSA) is 100 Å². The number of hydrogen-bond donors (Lipinski definition) is 1. The molecule has 3 heterocycles. The molecule has 2 aromatic heterocycles. The van der Waals surface area contributed by atoms with Crippen LogP contribution in [-0.2, 0) is 11.3 Å². The van der Waals surface area contributed by atoms with Crippen LogP contribution in [-0.4, -0.2) is 32.3 Å². The van der Waals surface area contributed by atoms with Gasteiger partial charge in [0.25, 0.3) is 5.56 Å². The summed E-state index contributed by atoms with van der Waals surface area (Å²) in [7, 11) is 0. The van der Waals surface area contributed by atoms with Gasteiger partial charge < -0.3 is 14.8 Å². The van der Waals surface area contributed by atoms with Crippen molar-refractivity contribution in [1.82, 2.24) is 24.9 Å². The quantitative estimate of drug-likeness (QED) is 0.705. The number of aromatic nitrogens is 4. The zero-order chi connectivity index (χ0) is 20.5. The molecule has 1 aliphatic heterocycles. The van der Waals surface area contributed by atoms with Crippen molar-refractivity contribution in [1.29, 1.82) is 0 Å². The summed E-state index contributed by atoms with van der Waals surface area (Å²) in [6, 6.07) is 9.59. The fourth-order valence-electron chi connectivity index (χ4n) is 3.17. The maximum absolute atomic E-state index is 12.6. The summed E-state index contributed by atoms with van der Waals surface area (Å²) in [4.78, 5) is 24.9. The molecule has 0 spiro atoms. The van der Waals surface area contributed by atoms with Gasteiger partial charge in [-0.25, -0.2) is 9.36 Å². The molecule has 0 fully saturated rings. The molecule has 1 aliphatic rings. The van der Waals surface area contributed by atoms with Gasteiger partial charge in [0.1, 0.15) is 6.04 Å². The van der Waals surface area contributed by atoms with Gasteiger partial charge in [0.05, 0.1) is 5.69 Å². The number of carbonyl (C=O) groups is 1. The predicted molar refractivity (Wildman–Crippen MR) is 104 cm³/mol. The van der Waals surface area contributed by atoms with Gasteiger partial charge in [0, 0.05) is 18.3 Å². The van der Waals surface area contributed by atoms with E-state index in [2.05, 4.69) is 15.5 Å². The molecule has 0 aliphatic carbocycles. The highest BCUT2D eigenvalue weighted by Gasteiger charge is 2.19. The van der Waals surface area contributed by atoms with Crippen molar-refractivity contribution in [3.05, 3.63) is 63.7 Å². The summed E-state index contributed by atoms with van der Waals surface area (Å²) in [5.41, 5.74) is 2.24. The van der Waals surface area contributed by atoms with Crippen LogP contribution in [0.15, 0.2) is 41.2 Å². The molecule has 0 bridgehead atoms. The predicted octanol–water partition coefficient (Wildman–Crippen LogP) is 1.65. The van der Waals surface area contributed by atoms with Crippen molar-refractivity contribution < 1.29 is 14.3 Å². The van der Waals surface area contributed by atoms with Crippen LogP contribution in [0.2, 0.25) is 0 Å². The van der Waals surface area contributed by atoms with Crippen molar-refractivity contribution in [3.63, 3.8) is 0 Å². The molecule has 1 amide bonds. The van der Waals surface area contributed by atoms with Crippen molar-refractivity contribution in [3.8, 4) is 17.3 Å². The Morgan fingerprint density at radius 2 is 1.93 bits per heavy atom. The first-order valence-electron chi connectivity index (χ1n) is 9.22. The fourth-order valence-corrected chi connectivity index (χ4v) is 3.17. The summed E-state index contributed by atoms with van der Waals surface area (Å²) in [6.45, 7) is 5.91. The molecule has 3 aromatic rings. The zero-order valence-electron chi connectivity index (χ0n) is 16.4. The molecule has 0 saturated heterocycles. The minimum absolute atomic E-state index is 0.197. The van der Waals surface area contributed by atoms with E-state index in [-0.39, 0.29) is 18.3 Å². The third-order valence-electron chi connectivity index (χ3n) is 4.69. The van der Waals surface area contributed by atoms with Gasteiger partial charge in [-0.2, -0.15) is 5.10 Å². The number of amides is 1. The van der Waals surface area contributed by atoms with E-state index in [0.29, 0.717) is 23.9 Å². The van der Waals surface area contributed by atoms with E-state index >= 15 is 0 Å². The van der Waals surface area contributed by atoms with Crippen LogP contribution in [0.3, 0.4) is 0 Å². The first-order valence-corrected chi connectivity index (χ1v) is 9.22. The van der Waals surface area contributed by atoms with E-state index in [1.165, 1.54) is 10.7 Å². The number of ether oxygens (including phenoxy) is 2. The SMILES string of the molecule is Cc1cc(C)n(-c2ccc(=O)n(C(C)C(=O)NCc3ccc4c(c3)OCO4)n2)n1. The number of hydrogen-bond acceptors (Lipinski definition) is 6. The Hall–Kier alpha value is -3.62. The van der Waals surface area contributed by atoms with Gasteiger partial charge in [-0.1, -0.05) is 6.07 Å². The van der Waals surface area contributed by atoms with Crippen molar-refractivity contribution in [2.45, 2.75) is 33.4 Å². The van der Waals surface area contributed by atoms with Crippen molar-refractivity contribution in [2.75, 3.05) is 6.79 Å². The average Bonchev–Trinajstić information content (AvgIpc) is 3.31. The first kappa shape index (κ1) is 18.7. The summed E-state index contributed by atoms with van der Waals surface area (Å²) in [5.74, 6) is 1.50. The number of fused-ring (bicyclic) bond motifs is 1. The van der Waals surface area contributed by atoms with E-state index in [1.807, 2.05) is 32.0 Å². The largest absolute Gasteiger partial charge is 0.454 e. The van der Waals surface area contributed by atoms with E-state index in [9.17, 15) is 9.59 Å². The van der Waals surface area contributed by atoms with Crippen molar-refractivity contribution >= 4 is 5.91 Å². The van der Waals surface area contributed by atoms with E-state index < -0.39 is 6.04 Å². The lowest BCUT2D eigenvalue weighted by atomic mass is 10.2. The highest BCUT2D eigenvalue weighted by Crippen LogP contribution is 2.32. The second-order valence-corrected chi connectivity index (χ2v) is 6.89. The van der Waals surface area contributed by atoms with Gasteiger partial charge >= 0.3 is 0 Å². The molecule has 150 valence electrons. The molecule has 0 saturated carbocycles.